The summed E-state index contributed by atoms with van der Waals surface area (Å²) in [6.45, 7) is 1.78. The highest BCUT2D eigenvalue weighted by Gasteiger charge is 2.22. The molecule has 5 heteroatoms. The molecule has 0 unspecified atom stereocenters. The van der Waals surface area contributed by atoms with Gasteiger partial charge in [0.15, 0.2) is 0 Å². The van der Waals surface area contributed by atoms with E-state index in [2.05, 4.69) is 6.07 Å². The first-order valence-corrected chi connectivity index (χ1v) is 9.40. The van der Waals surface area contributed by atoms with E-state index in [9.17, 15) is 14.4 Å². The van der Waals surface area contributed by atoms with E-state index in [1.165, 1.54) is 6.07 Å². The topological polar surface area (TPSA) is 49.0 Å². The van der Waals surface area contributed by atoms with Gasteiger partial charge in [-0.1, -0.05) is 36.4 Å². The van der Waals surface area contributed by atoms with Crippen LogP contribution in [-0.4, -0.2) is 28.5 Å². The largest absolute Gasteiger partial charge is 0.342 e. The second kappa shape index (κ2) is 7.69. The Morgan fingerprint density at radius 1 is 1.11 bits per heavy atom. The van der Waals surface area contributed by atoms with Gasteiger partial charge in [-0.3, -0.25) is 4.79 Å². The molecule has 1 aromatic heterocycles. The SMILES string of the molecule is N#C/C(=C\c1cn(Cc2ccccc2F)c2ccccc12)C(=O)N1CCCC1. The van der Waals surface area contributed by atoms with Crippen LogP contribution in [-0.2, 0) is 11.3 Å². The van der Waals surface area contributed by atoms with Crippen LogP contribution in [0.2, 0.25) is 0 Å². The summed E-state index contributed by atoms with van der Waals surface area (Å²) in [6, 6.07) is 16.5. The maximum atomic E-state index is 14.1. The molecule has 0 radical (unpaired) electrons. The Labute approximate surface area is 163 Å². The number of amides is 1. The number of hydrogen-bond donors (Lipinski definition) is 0. The van der Waals surface area contributed by atoms with Gasteiger partial charge in [-0.2, -0.15) is 5.26 Å². The van der Waals surface area contributed by atoms with Gasteiger partial charge in [-0.25, -0.2) is 4.39 Å². The lowest BCUT2D eigenvalue weighted by Crippen LogP contribution is -2.28. The predicted octanol–water partition coefficient (Wildman–Crippen LogP) is 4.36. The lowest BCUT2D eigenvalue weighted by Gasteiger charge is -2.13. The number of nitrogens with zero attached hydrogens (tertiary/aromatic N) is 3. The zero-order valence-electron chi connectivity index (χ0n) is 15.4. The zero-order valence-corrected chi connectivity index (χ0v) is 15.4. The van der Waals surface area contributed by atoms with E-state index >= 15 is 0 Å². The van der Waals surface area contributed by atoms with Crippen molar-refractivity contribution in [3.63, 3.8) is 0 Å². The molecule has 0 N–H and O–H groups in total. The summed E-state index contributed by atoms with van der Waals surface area (Å²) in [5.41, 5.74) is 2.45. The van der Waals surface area contributed by atoms with Crippen LogP contribution in [0.3, 0.4) is 0 Å². The third-order valence-corrected chi connectivity index (χ3v) is 5.16. The molecule has 1 fully saturated rings. The number of aromatic nitrogens is 1. The van der Waals surface area contributed by atoms with Crippen LogP contribution in [0.25, 0.3) is 17.0 Å². The number of fused-ring (bicyclic) bond motifs is 1. The molecule has 0 aliphatic carbocycles. The van der Waals surface area contributed by atoms with Gasteiger partial charge in [0, 0.05) is 41.3 Å². The van der Waals surface area contributed by atoms with Gasteiger partial charge in [0.25, 0.3) is 5.91 Å². The molecule has 0 bridgehead atoms. The molecule has 2 aromatic carbocycles. The van der Waals surface area contributed by atoms with Crippen LogP contribution >= 0.6 is 0 Å². The molecule has 1 aliphatic rings. The molecule has 28 heavy (non-hydrogen) atoms. The Hall–Kier alpha value is -3.39. The molecule has 0 spiro atoms. The van der Waals surface area contributed by atoms with E-state index in [0.29, 0.717) is 25.2 Å². The first-order chi connectivity index (χ1) is 13.7. The molecule has 4 nitrogen and oxygen atoms in total. The van der Waals surface area contributed by atoms with Crippen molar-refractivity contribution in [3.8, 4) is 6.07 Å². The summed E-state index contributed by atoms with van der Waals surface area (Å²) in [6.07, 6.45) is 5.49. The van der Waals surface area contributed by atoms with Crippen LogP contribution in [0.4, 0.5) is 4.39 Å². The van der Waals surface area contributed by atoms with E-state index in [4.69, 9.17) is 0 Å². The van der Waals surface area contributed by atoms with Crippen molar-refractivity contribution >= 4 is 22.9 Å². The van der Waals surface area contributed by atoms with Gasteiger partial charge in [0.2, 0.25) is 0 Å². The lowest BCUT2D eigenvalue weighted by atomic mass is 10.1. The van der Waals surface area contributed by atoms with E-state index in [0.717, 1.165) is 29.3 Å². The van der Waals surface area contributed by atoms with Crippen molar-refractivity contribution in [3.05, 3.63) is 77.2 Å². The van der Waals surface area contributed by atoms with Gasteiger partial charge < -0.3 is 9.47 Å². The van der Waals surface area contributed by atoms with E-state index < -0.39 is 0 Å². The number of nitriles is 1. The number of halogens is 1. The fourth-order valence-electron chi connectivity index (χ4n) is 3.72. The first-order valence-electron chi connectivity index (χ1n) is 9.40. The van der Waals surface area contributed by atoms with E-state index in [1.807, 2.05) is 41.1 Å². The van der Waals surface area contributed by atoms with Crippen LogP contribution in [0.15, 0.2) is 60.3 Å². The summed E-state index contributed by atoms with van der Waals surface area (Å²) in [5.74, 6) is -0.467. The summed E-state index contributed by atoms with van der Waals surface area (Å²) >= 11 is 0. The van der Waals surface area contributed by atoms with Crippen molar-refractivity contribution in [1.82, 2.24) is 9.47 Å². The van der Waals surface area contributed by atoms with Crippen molar-refractivity contribution in [2.75, 3.05) is 13.1 Å². The van der Waals surface area contributed by atoms with Crippen molar-refractivity contribution in [1.29, 1.82) is 5.26 Å². The number of likely N-dealkylation sites (tertiary alicyclic amines) is 1. The Morgan fingerprint density at radius 3 is 2.57 bits per heavy atom. The second-order valence-corrected chi connectivity index (χ2v) is 6.99. The average molecular weight is 373 g/mol. The quantitative estimate of drug-likeness (QED) is 0.504. The lowest BCUT2D eigenvalue weighted by molar-refractivity contribution is -0.125. The Balaban J connectivity index is 1.74. The van der Waals surface area contributed by atoms with Crippen LogP contribution in [0.5, 0.6) is 0 Å². The molecule has 1 saturated heterocycles. The molecule has 0 atom stereocenters. The maximum absolute atomic E-state index is 14.1. The second-order valence-electron chi connectivity index (χ2n) is 6.99. The van der Waals surface area contributed by atoms with Crippen molar-refractivity contribution in [2.24, 2.45) is 0 Å². The van der Waals surface area contributed by atoms with Gasteiger partial charge in [-0.15, -0.1) is 0 Å². The highest BCUT2D eigenvalue weighted by molar-refractivity contribution is 6.04. The minimum Gasteiger partial charge on any atom is -0.342 e. The molecule has 2 heterocycles. The summed E-state index contributed by atoms with van der Waals surface area (Å²) in [4.78, 5) is 14.4. The molecule has 3 aromatic rings. The Morgan fingerprint density at radius 2 is 1.82 bits per heavy atom. The highest BCUT2D eigenvalue weighted by atomic mass is 19.1. The molecule has 1 amide bonds. The monoisotopic (exact) mass is 373 g/mol. The van der Waals surface area contributed by atoms with Gasteiger partial charge in [0.1, 0.15) is 17.5 Å². The van der Waals surface area contributed by atoms with E-state index in [1.54, 1.807) is 23.1 Å². The van der Waals surface area contributed by atoms with Crippen LogP contribution in [0, 0.1) is 17.1 Å². The number of hydrogen-bond acceptors (Lipinski definition) is 2. The van der Waals surface area contributed by atoms with Gasteiger partial charge >= 0.3 is 0 Å². The number of para-hydroxylation sites is 1. The summed E-state index contributed by atoms with van der Waals surface area (Å²) in [7, 11) is 0. The van der Waals surface area contributed by atoms with Crippen LogP contribution in [0.1, 0.15) is 24.0 Å². The smallest absolute Gasteiger partial charge is 0.264 e. The summed E-state index contributed by atoms with van der Waals surface area (Å²) in [5, 5.41) is 10.5. The fraction of sp³-hybridized carbons (Fsp3) is 0.217. The highest BCUT2D eigenvalue weighted by Crippen LogP contribution is 2.25. The number of benzene rings is 2. The summed E-state index contributed by atoms with van der Waals surface area (Å²) < 4.78 is 16.1. The predicted molar refractivity (Wildman–Crippen MR) is 107 cm³/mol. The zero-order chi connectivity index (χ0) is 19.5. The molecule has 4 rings (SSSR count). The third kappa shape index (κ3) is 3.41. The van der Waals surface area contributed by atoms with Gasteiger partial charge in [0.05, 0.1) is 6.54 Å². The van der Waals surface area contributed by atoms with Gasteiger partial charge in [-0.05, 0) is 31.1 Å². The maximum Gasteiger partial charge on any atom is 0.264 e. The first kappa shape index (κ1) is 18.0. The Bertz CT molecular complexity index is 1100. The number of carbonyl (C=O) groups is 1. The Kier molecular flexibility index (Phi) is 4.94. The number of carbonyl (C=O) groups excluding carboxylic acids is 1. The third-order valence-electron chi connectivity index (χ3n) is 5.16. The minimum absolute atomic E-state index is 0.135. The molecular weight excluding hydrogens is 353 g/mol. The molecule has 140 valence electrons. The average Bonchev–Trinajstić information content (AvgIpc) is 3.36. The van der Waals surface area contributed by atoms with Crippen LogP contribution < -0.4 is 0 Å². The standard InChI is InChI=1S/C23H20FN3O/c24-21-9-3-1-7-17(21)15-27-16-19(20-8-2-4-10-22(20)27)13-18(14-25)23(28)26-11-5-6-12-26/h1-4,7-10,13,16H,5-6,11-12,15H2/b18-13+. The minimum atomic E-state index is -0.251. The normalized spacial score (nSPS) is 14.4. The van der Waals surface area contributed by atoms with Crippen molar-refractivity contribution in [2.45, 2.75) is 19.4 Å². The fourth-order valence-corrected chi connectivity index (χ4v) is 3.72. The van der Waals surface area contributed by atoms with E-state index in [-0.39, 0.29) is 17.3 Å². The molecule has 0 saturated carbocycles. The number of rotatable bonds is 4. The molecular formula is C23H20FN3O. The molecule has 1 aliphatic heterocycles. The van der Waals surface area contributed by atoms with Crippen molar-refractivity contribution < 1.29 is 9.18 Å².